The molecule has 0 aliphatic rings. The number of rotatable bonds is 11. The number of benzene rings is 3. The topological polar surface area (TPSA) is 86.8 Å². The van der Waals surface area contributed by atoms with Crippen molar-refractivity contribution in [2.24, 2.45) is 0 Å². The number of carbonyl (C=O) groups excluding carboxylic acids is 2. The monoisotopic (exact) mass is 521 g/mol. The van der Waals surface area contributed by atoms with Crippen LogP contribution in [0.25, 0.3) is 0 Å². The van der Waals surface area contributed by atoms with E-state index < -0.39 is 28.5 Å². The molecule has 0 heterocycles. The minimum atomic E-state index is -4.05. The summed E-state index contributed by atoms with van der Waals surface area (Å²) in [7, 11) is -4.05. The van der Waals surface area contributed by atoms with Gasteiger partial charge in [-0.3, -0.25) is 13.9 Å². The molecule has 8 heteroatoms. The zero-order valence-corrected chi connectivity index (χ0v) is 22.7. The lowest BCUT2D eigenvalue weighted by molar-refractivity contribution is -0.139. The first kappa shape index (κ1) is 27.9. The second-order valence-corrected chi connectivity index (χ2v) is 10.8. The van der Waals surface area contributed by atoms with Gasteiger partial charge in [0.25, 0.3) is 10.0 Å². The predicted octanol–water partition coefficient (Wildman–Crippen LogP) is 4.31. The quantitative estimate of drug-likeness (QED) is 0.408. The molecule has 3 aromatic carbocycles. The molecule has 1 N–H and O–H groups in total. The lowest BCUT2D eigenvalue weighted by atomic mass is 10.1. The van der Waals surface area contributed by atoms with E-state index in [1.165, 1.54) is 17.0 Å². The van der Waals surface area contributed by atoms with Crippen molar-refractivity contribution in [1.29, 1.82) is 0 Å². The van der Waals surface area contributed by atoms with Gasteiger partial charge in [-0.25, -0.2) is 8.42 Å². The molecular formula is C29H35N3O4S. The van der Waals surface area contributed by atoms with E-state index in [2.05, 4.69) is 5.32 Å². The summed E-state index contributed by atoms with van der Waals surface area (Å²) in [5, 5.41) is 2.77. The average Bonchev–Trinajstić information content (AvgIpc) is 2.90. The summed E-state index contributed by atoms with van der Waals surface area (Å²) in [6.07, 6.45) is 0.805. The van der Waals surface area contributed by atoms with Crippen molar-refractivity contribution in [2.45, 2.75) is 51.6 Å². The Hall–Kier alpha value is -3.65. The highest BCUT2D eigenvalue weighted by Gasteiger charge is 2.32. The fourth-order valence-corrected chi connectivity index (χ4v) is 5.49. The van der Waals surface area contributed by atoms with Crippen molar-refractivity contribution >= 4 is 27.5 Å². The number of nitrogens with one attached hydrogen (secondary N) is 1. The van der Waals surface area contributed by atoms with Crippen molar-refractivity contribution in [2.75, 3.05) is 17.4 Å². The lowest BCUT2D eigenvalue weighted by Crippen LogP contribution is -2.51. The highest BCUT2D eigenvalue weighted by molar-refractivity contribution is 7.92. The van der Waals surface area contributed by atoms with Crippen LogP contribution in [0.2, 0.25) is 0 Å². The van der Waals surface area contributed by atoms with Gasteiger partial charge in [-0.1, -0.05) is 67.1 Å². The molecule has 2 amide bonds. The number of carbonyl (C=O) groups is 2. The standard InChI is InChI=1S/C29H35N3O4S/c1-5-24-15-17-26(18-16-24)32(37(35,36)27-13-8-7-9-14-27)21-28(33)31(23(4)29(34)30-6-2)20-25-12-10-11-22(3)19-25/h7-19,23H,5-6,20-21H2,1-4H3,(H,30,34)/t23-/m0/s1. The van der Waals surface area contributed by atoms with Crippen LogP contribution in [-0.4, -0.2) is 44.3 Å². The van der Waals surface area contributed by atoms with E-state index in [1.807, 2.05) is 57.2 Å². The fourth-order valence-electron chi connectivity index (χ4n) is 4.06. The Bertz CT molecular complexity index is 1310. The van der Waals surface area contributed by atoms with E-state index in [-0.39, 0.29) is 17.3 Å². The van der Waals surface area contributed by atoms with Crippen LogP contribution in [0.4, 0.5) is 5.69 Å². The number of amides is 2. The Balaban J connectivity index is 2.02. The van der Waals surface area contributed by atoms with Crippen molar-refractivity contribution in [3.63, 3.8) is 0 Å². The molecule has 0 saturated carbocycles. The van der Waals surface area contributed by atoms with E-state index in [4.69, 9.17) is 0 Å². The van der Waals surface area contributed by atoms with Gasteiger partial charge in [0.05, 0.1) is 10.6 Å². The van der Waals surface area contributed by atoms with E-state index in [0.717, 1.165) is 27.4 Å². The number of anilines is 1. The summed E-state index contributed by atoms with van der Waals surface area (Å²) in [5.41, 5.74) is 3.32. The Morgan fingerprint density at radius 3 is 2.16 bits per heavy atom. The molecular weight excluding hydrogens is 486 g/mol. The Kier molecular flexibility index (Phi) is 9.47. The summed E-state index contributed by atoms with van der Waals surface area (Å²) in [4.78, 5) is 28.1. The van der Waals surface area contributed by atoms with Crippen molar-refractivity contribution in [3.8, 4) is 0 Å². The summed E-state index contributed by atoms with van der Waals surface area (Å²) in [5.74, 6) is -0.771. The number of hydrogen-bond acceptors (Lipinski definition) is 4. The highest BCUT2D eigenvalue weighted by atomic mass is 32.2. The molecule has 0 radical (unpaired) electrons. The van der Waals surface area contributed by atoms with E-state index >= 15 is 0 Å². The van der Waals surface area contributed by atoms with Gasteiger partial charge < -0.3 is 10.2 Å². The summed E-state index contributed by atoms with van der Waals surface area (Å²) < 4.78 is 28.6. The van der Waals surface area contributed by atoms with Crippen LogP contribution in [0.1, 0.15) is 37.5 Å². The van der Waals surface area contributed by atoms with Gasteiger partial charge >= 0.3 is 0 Å². The first-order valence-corrected chi connectivity index (χ1v) is 13.9. The van der Waals surface area contributed by atoms with Crippen LogP contribution in [0.3, 0.4) is 0 Å². The third kappa shape index (κ3) is 6.98. The number of aryl methyl sites for hydroxylation is 2. The number of nitrogens with zero attached hydrogens (tertiary/aromatic N) is 2. The molecule has 37 heavy (non-hydrogen) atoms. The largest absolute Gasteiger partial charge is 0.355 e. The van der Waals surface area contributed by atoms with Gasteiger partial charge in [0.15, 0.2) is 0 Å². The zero-order valence-electron chi connectivity index (χ0n) is 21.8. The Labute approximate surface area is 220 Å². The summed E-state index contributed by atoms with van der Waals surface area (Å²) >= 11 is 0. The number of likely N-dealkylation sites (N-methyl/N-ethyl adjacent to an activating group) is 1. The average molecular weight is 522 g/mol. The van der Waals surface area contributed by atoms with Gasteiger partial charge in [-0.05, 0) is 62.6 Å². The summed E-state index contributed by atoms with van der Waals surface area (Å²) in [6, 6.07) is 22.1. The van der Waals surface area contributed by atoms with E-state index in [0.29, 0.717) is 12.2 Å². The normalized spacial score (nSPS) is 12.0. The first-order chi connectivity index (χ1) is 17.7. The Morgan fingerprint density at radius 2 is 1.57 bits per heavy atom. The van der Waals surface area contributed by atoms with Crippen LogP contribution in [-0.2, 0) is 32.6 Å². The molecule has 0 unspecified atom stereocenters. The molecule has 0 aliphatic carbocycles. The molecule has 0 aliphatic heterocycles. The molecule has 0 fully saturated rings. The molecule has 196 valence electrons. The minimum absolute atomic E-state index is 0.0874. The molecule has 0 bridgehead atoms. The van der Waals surface area contributed by atoms with Crippen LogP contribution >= 0.6 is 0 Å². The molecule has 1 atom stereocenters. The van der Waals surface area contributed by atoms with Crippen molar-refractivity contribution in [1.82, 2.24) is 10.2 Å². The molecule has 0 spiro atoms. The molecule has 0 aromatic heterocycles. The highest BCUT2D eigenvalue weighted by Crippen LogP contribution is 2.25. The van der Waals surface area contributed by atoms with E-state index in [9.17, 15) is 18.0 Å². The zero-order chi connectivity index (χ0) is 27.0. The third-order valence-electron chi connectivity index (χ3n) is 6.20. The van der Waals surface area contributed by atoms with Gasteiger partial charge in [-0.2, -0.15) is 0 Å². The lowest BCUT2D eigenvalue weighted by Gasteiger charge is -2.32. The van der Waals surface area contributed by atoms with Crippen LogP contribution < -0.4 is 9.62 Å². The van der Waals surface area contributed by atoms with E-state index in [1.54, 1.807) is 37.3 Å². The van der Waals surface area contributed by atoms with Gasteiger partial charge in [0, 0.05) is 13.1 Å². The second-order valence-electron chi connectivity index (χ2n) is 8.93. The van der Waals surface area contributed by atoms with Crippen LogP contribution in [0, 0.1) is 6.92 Å². The smallest absolute Gasteiger partial charge is 0.264 e. The second kappa shape index (κ2) is 12.5. The van der Waals surface area contributed by atoms with Crippen molar-refractivity contribution in [3.05, 3.63) is 95.6 Å². The van der Waals surface area contributed by atoms with Gasteiger partial charge in [-0.15, -0.1) is 0 Å². The third-order valence-corrected chi connectivity index (χ3v) is 7.98. The van der Waals surface area contributed by atoms with Crippen LogP contribution in [0.5, 0.6) is 0 Å². The molecule has 3 aromatic rings. The first-order valence-electron chi connectivity index (χ1n) is 12.5. The maximum atomic E-state index is 13.8. The number of hydrogen-bond donors (Lipinski definition) is 1. The SMILES string of the molecule is CCNC(=O)[C@H](C)N(Cc1cccc(C)c1)C(=O)CN(c1ccc(CC)cc1)S(=O)(=O)c1ccccc1. The predicted molar refractivity (Wildman–Crippen MR) is 147 cm³/mol. The molecule has 3 rings (SSSR count). The summed E-state index contributed by atoms with van der Waals surface area (Å²) in [6.45, 7) is 7.59. The van der Waals surface area contributed by atoms with Gasteiger partial charge in [0.1, 0.15) is 12.6 Å². The maximum absolute atomic E-state index is 13.8. The number of sulfonamides is 1. The maximum Gasteiger partial charge on any atom is 0.264 e. The van der Waals surface area contributed by atoms with Crippen molar-refractivity contribution < 1.29 is 18.0 Å². The fraction of sp³-hybridized carbons (Fsp3) is 0.310. The Morgan fingerprint density at radius 1 is 0.892 bits per heavy atom. The van der Waals surface area contributed by atoms with Crippen LogP contribution in [0.15, 0.2) is 83.8 Å². The minimum Gasteiger partial charge on any atom is -0.355 e. The molecule has 7 nitrogen and oxygen atoms in total. The molecule has 0 saturated heterocycles. The van der Waals surface area contributed by atoms with Gasteiger partial charge in [0.2, 0.25) is 11.8 Å².